The van der Waals surface area contributed by atoms with E-state index in [2.05, 4.69) is 0 Å². The lowest BCUT2D eigenvalue weighted by atomic mass is 10.0. The Morgan fingerprint density at radius 2 is 1.50 bits per heavy atom. The van der Waals surface area contributed by atoms with Gasteiger partial charge in [0.2, 0.25) is 5.75 Å². The minimum Gasteiger partial charge on any atom is -0.508 e. The van der Waals surface area contributed by atoms with Crippen molar-refractivity contribution in [1.29, 1.82) is 0 Å². The Morgan fingerprint density at radius 3 is 2.11 bits per heavy atom. The molecule has 0 amide bonds. The Kier molecular flexibility index (Phi) is 7.14. The van der Waals surface area contributed by atoms with Crippen LogP contribution in [-0.4, -0.2) is 46.8 Å². The lowest BCUT2D eigenvalue weighted by molar-refractivity contribution is 0.0694. The van der Waals surface area contributed by atoms with E-state index in [0.717, 1.165) is 18.2 Å². The van der Waals surface area contributed by atoms with Crippen LogP contribution in [0.15, 0.2) is 51.7 Å². The Balaban J connectivity index is 0.000000214. The number of carboxylic acid groups (broad SMARTS) is 1. The minimum absolute atomic E-state index is 0.0163. The first-order chi connectivity index (χ1) is 16.9. The van der Waals surface area contributed by atoms with Crippen molar-refractivity contribution in [2.75, 3.05) is 0 Å². The highest BCUT2D eigenvalue weighted by Gasteiger charge is 2.20. The largest absolute Gasteiger partial charge is 0.508 e. The Labute approximate surface area is 202 Å². The number of carbonyl (C=O) groups is 1. The zero-order valence-electron chi connectivity index (χ0n) is 18.8. The predicted octanol–water partition coefficient (Wildman–Crippen LogP) is 3.74. The minimum atomic E-state index is -1.25. The number of aromatic carboxylic acids is 1. The first kappa shape index (κ1) is 25.6. The normalized spacial score (nSPS) is 10.6. The fourth-order valence-corrected chi connectivity index (χ4v) is 3.45. The molecular weight excluding hydrogens is 476 g/mol. The number of carboxylic acids is 1. The van der Waals surface area contributed by atoms with Crippen LogP contribution in [0, 0.1) is 0 Å². The van der Waals surface area contributed by atoms with Gasteiger partial charge in [0.05, 0.1) is 5.56 Å². The van der Waals surface area contributed by atoms with E-state index in [4.69, 9.17) is 14.6 Å². The van der Waals surface area contributed by atoms with E-state index in [1.807, 2.05) is 6.92 Å². The van der Waals surface area contributed by atoms with E-state index in [1.54, 1.807) is 0 Å². The molecule has 0 fully saturated rings. The second-order valence-electron chi connectivity index (χ2n) is 7.69. The van der Waals surface area contributed by atoms with Gasteiger partial charge in [-0.2, -0.15) is 0 Å². The molecule has 3 aromatic carbocycles. The molecule has 0 saturated carbocycles. The molecular formula is C25H22O11. The van der Waals surface area contributed by atoms with E-state index in [9.17, 15) is 40.2 Å². The number of rotatable bonds is 4. The van der Waals surface area contributed by atoms with Crippen molar-refractivity contribution in [2.24, 2.45) is 0 Å². The smallest absolute Gasteiger partial charge is 0.336 e. The number of phenols is 7. The maximum absolute atomic E-state index is 12.0. The van der Waals surface area contributed by atoms with Crippen LogP contribution in [0.5, 0.6) is 40.2 Å². The second-order valence-corrected chi connectivity index (χ2v) is 7.69. The molecule has 11 nitrogen and oxygen atoms in total. The highest BCUT2D eigenvalue weighted by molar-refractivity contribution is 5.91. The van der Waals surface area contributed by atoms with Gasteiger partial charge in [-0.1, -0.05) is 13.3 Å². The van der Waals surface area contributed by atoms with Crippen molar-refractivity contribution in [3.8, 4) is 51.6 Å². The fraction of sp³-hybridized carbons (Fsp3) is 0.120. The molecule has 0 aliphatic heterocycles. The van der Waals surface area contributed by atoms with Gasteiger partial charge in [0.25, 0.3) is 0 Å². The monoisotopic (exact) mass is 498 g/mol. The van der Waals surface area contributed by atoms with Gasteiger partial charge >= 0.3 is 5.97 Å². The SMILES string of the molecule is CCCc1c(C(=O)O)cc(O)c(O)c1O.O=c1cc(-c2ccc(O)c(O)c2)oc2cc(O)cc(O)c12. The van der Waals surface area contributed by atoms with Gasteiger partial charge in [-0.15, -0.1) is 0 Å². The van der Waals surface area contributed by atoms with Gasteiger partial charge in [0.15, 0.2) is 28.4 Å². The number of fused-ring (bicyclic) bond motifs is 1. The van der Waals surface area contributed by atoms with Crippen LogP contribution in [0.25, 0.3) is 22.3 Å². The van der Waals surface area contributed by atoms with Gasteiger partial charge in [-0.3, -0.25) is 4.79 Å². The summed E-state index contributed by atoms with van der Waals surface area (Å²) >= 11 is 0. The molecule has 1 aromatic heterocycles. The van der Waals surface area contributed by atoms with E-state index < -0.39 is 28.6 Å². The summed E-state index contributed by atoms with van der Waals surface area (Å²) in [6, 6.07) is 8.30. The van der Waals surface area contributed by atoms with Crippen molar-refractivity contribution >= 4 is 16.9 Å². The van der Waals surface area contributed by atoms with Crippen LogP contribution in [0.1, 0.15) is 29.3 Å². The average molecular weight is 498 g/mol. The molecule has 0 saturated heterocycles. The molecule has 0 unspecified atom stereocenters. The summed E-state index contributed by atoms with van der Waals surface area (Å²) < 4.78 is 5.47. The summed E-state index contributed by atoms with van der Waals surface area (Å²) in [6.07, 6.45) is 0.944. The van der Waals surface area contributed by atoms with Crippen LogP contribution >= 0.6 is 0 Å². The first-order valence-corrected chi connectivity index (χ1v) is 10.5. The standard InChI is InChI=1S/C15H10O6.C10H12O5/c16-8-4-11(19)15-12(20)6-13(21-14(15)5-8)7-1-2-9(17)10(18)3-7;1-2-3-5-6(10(14)15)4-7(11)9(13)8(5)12/h1-6,16-19H;4,11-13H,2-3H2,1H3,(H,14,15). The molecule has 0 atom stereocenters. The third kappa shape index (κ3) is 5.04. The number of benzene rings is 3. The van der Waals surface area contributed by atoms with E-state index in [0.29, 0.717) is 18.4 Å². The summed E-state index contributed by atoms with van der Waals surface area (Å²) in [6.45, 7) is 1.81. The van der Waals surface area contributed by atoms with Crippen LogP contribution in [-0.2, 0) is 6.42 Å². The topological polar surface area (TPSA) is 209 Å². The van der Waals surface area contributed by atoms with Gasteiger partial charge in [0.1, 0.15) is 28.2 Å². The van der Waals surface area contributed by atoms with Gasteiger partial charge in [-0.05, 0) is 30.7 Å². The predicted molar refractivity (Wildman–Crippen MR) is 127 cm³/mol. The number of aromatic hydroxyl groups is 7. The van der Waals surface area contributed by atoms with E-state index >= 15 is 0 Å². The highest BCUT2D eigenvalue weighted by Crippen LogP contribution is 2.40. The fourth-order valence-electron chi connectivity index (χ4n) is 3.45. The summed E-state index contributed by atoms with van der Waals surface area (Å²) in [5.74, 6) is -4.25. The average Bonchev–Trinajstić information content (AvgIpc) is 2.80. The lowest BCUT2D eigenvalue weighted by Crippen LogP contribution is -2.02. The van der Waals surface area contributed by atoms with Crippen molar-refractivity contribution in [2.45, 2.75) is 19.8 Å². The van der Waals surface area contributed by atoms with E-state index in [1.165, 1.54) is 24.3 Å². The van der Waals surface area contributed by atoms with Gasteiger partial charge < -0.3 is 45.3 Å². The Hall–Kier alpha value is -5.06. The molecule has 4 rings (SSSR count). The third-order valence-electron chi connectivity index (χ3n) is 5.14. The molecule has 4 aromatic rings. The summed E-state index contributed by atoms with van der Waals surface area (Å²) in [4.78, 5) is 22.9. The van der Waals surface area contributed by atoms with Crippen molar-refractivity contribution in [3.05, 3.63) is 63.8 Å². The van der Waals surface area contributed by atoms with Gasteiger partial charge in [-0.25, -0.2) is 4.79 Å². The molecule has 0 bridgehead atoms. The number of hydrogen-bond donors (Lipinski definition) is 8. The zero-order valence-corrected chi connectivity index (χ0v) is 18.8. The van der Waals surface area contributed by atoms with E-state index in [-0.39, 0.29) is 50.9 Å². The lowest BCUT2D eigenvalue weighted by Gasteiger charge is -2.10. The molecule has 0 aliphatic carbocycles. The maximum Gasteiger partial charge on any atom is 0.336 e. The van der Waals surface area contributed by atoms with Crippen molar-refractivity contribution in [3.63, 3.8) is 0 Å². The highest BCUT2D eigenvalue weighted by atomic mass is 16.4. The Morgan fingerprint density at radius 1 is 0.806 bits per heavy atom. The summed E-state index contributed by atoms with van der Waals surface area (Å²) in [5.41, 5.74) is -0.157. The van der Waals surface area contributed by atoms with Crippen molar-refractivity contribution < 1.29 is 50.1 Å². The van der Waals surface area contributed by atoms with Crippen LogP contribution in [0.4, 0.5) is 0 Å². The zero-order chi connectivity index (χ0) is 26.7. The third-order valence-corrected chi connectivity index (χ3v) is 5.14. The molecule has 1 heterocycles. The quantitative estimate of drug-likeness (QED) is 0.190. The second kappa shape index (κ2) is 10.1. The van der Waals surface area contributed by atoms with Crippen LogP contribution in [0.2, 0.25) is 0 Å². The van der Waals surface area contributed by atoms with Crippen LogP contribution < -0.4 is 5.43 Å². The Bertz CT molecular complexity index is 1520. The summed E-state index contributed by atoms with van der Waals surface area (Å²) in [5, 5.41) is 74.5. The maximum atomic E-state index is 12.0. The molecule has 0 aliphatic rings. The van der Waals surface area contributed by atoms with Crippen LogP contribution in [0.3, 0.4) is 0 Å². The van der Waals surface area contributed by atoms with Gasteiger partial charge in [0, 0.05) is 29.3 Å². The molecule has 11 heteroatoms. The van der Waals surface area contributed by atoms with Crippen molar-refractivity contribution in [1.82, 2.24) is 0 Å². The molecule has 8 N–H and O–H groups in total. The molecule has 0 radical (unpaired) electrons. The molecule has 188 valence electrons. The number of phenolic OH excluding ortho intramolecular Hbond substituents is 7. The first-order valence-electron chi connectivity index (χ1n) is 10.5. The molecule has 36 heavy (non-hydrogen) atoms. The summed E-state index contributed by atoms with van der Waals surface area (Å²) in [7, 11) is 0. The molecule has 0 spiro atoms. The number of hydrogen-bond acceptors (Lipinski definition) is 10.